The van der Waals surface area contributed by atoms with Crippen molar-refractivity contribution >= 4 is 23.5 Å². The molecule has 1 N–H and O–H groups in total. The lowest BCUT2D eigenvalue weighted by molar-refractivity contribution is 1.29. The molecule has 2 rings (SSSR count). The van der Waals surface area contributed by atoms with Crippen molar-refractivity contribution in [3.8, 4) is 0 Å². The number of halogens is 1. The fourth-order valence-corrected chi connectivity index (χ4v) is 1.67. The van der Waals surface area contributed by atoms with Crippen molar-refractivity contribution < 1.29 is 0 Å². The molecule has 0 fully saturated rings. The van der Waals surface area contributed by atoms with Gasteiger partial charge in [-0.1, -0.05) is 29.8 Å². The Morgan fingerprint density at radius 2 is 1.72 bits per heavy atom. The van der Waals surface area contributed by atoms with E-state index in [1.807, 2.05) is 30.3 Å². The molecule has 92 valence electrons. The van der Waals surface area contributed by atoms with E-state index < -0.39 is 0 Å². The number of nitrogens with one attached hydrogen (secondary N) is 1. The van der Waals surface area contributed by atoms with Crippen molar-refractivity contribution in [2.24, 2.45) is 5.10 Å². The molecule has 0 radical (unpaired) electrons. The molecule has 0 aliphatic carbocycles. The van der Waals surface area contributed by atoms with Gasteiger partial charge < -0.3 is 0 Å². The molecule has 0 bridgehead atoms. The number of hydrogen-bond acceptors (Lipinski definition) is 2. The number of anilines is 1. The van der Waals surface area contributed by atoms with Crippen LogP contribution in [0.5, 0.6) is 0 Å². The SMILES string of the molecule is Cc1ccc(N/N=C/c2ccc(Cl)cc2)cc1C. The third-order valence-electron chi connectivity index (χ3n) is 2.78. The molecule has 0 amide bonds. The van der Waals surface area contributed by atoms with Gasteiger partial charge in [-0.25, -0.2) is 0 Å². The number of benzene rings is 2. The van der Waals surface area contributed by atoms with Crippen molar-refractivity contribution in [1.82, 2.24) is 0 Å². The van der Waals surface area contributed by atoms with Gasteiger partial charge >= 0.3 is 0 Å². The third-order valence-corrected chi connectivity index (χ3v) is 3.04. The molecule has 0 saturated heterocycles. The summed E-state index contributed by atoms with van der Waals surface area (Å²) in [5.41, 5.74) is 7.54. The molecular weight excluding hydrogens is 244 g/mol. The molecular formula is C15H15ClN2. The molecule has 2 aromatic rings. The van der Waals surface area contributed by atoms with Gasteiger partial charge in [0.25, 0.3) is 0 Å². The fraction of sp³-hybridized carbons (Fsp3) is 0.133. The highest BCUT2D eigenvalue weighted by Crippen LogP contribution is 2.14. The Morgan fingerprint density at radius 1 is 1.00 bits per heavy atom. The summed E-state index contributed by atoms with van der Waals surface area (Å²) in [7, 11) is 0. The minimum Gasteiger partial charge on any atom is -0.278 e. The lowest BCUT2D eigenvalue weighted by atomic mass is 10.1. The van der Waals surface area contributed by atoms with E-state index in [0.717, 1.165) is 16.3 Å². The maximum Gasteiger partial charge on any atom is 0.0564 e. The summed E-state index contributed by atoms with van der Waals surface area (Å²) in [5.74, 6) is 0. The quantitative estimate of drug-likeness (QED) is 0.640. The molecule has 18 heavy (non-hydrogen) atoms. The molecule has 2 aromatic carbocycles. The van der Waals surface area contributed by atoms with Crippen LogP contribution < -0.4 is 5.43 Å². The van der Waals surface area contributed by atoms with Crippen LogP contribution in [0.25, 0.3) is 0 Å². The second kappa shape index (κ2) is 5.69. The maximum atomic E-state index is 5.81. The monoisotopic (exact) mass is 258 g/mol. The Bertz CT molecular complexity index is 559. The first kappa shape index (κ1) is 12.7. The lowest BCUT2D eigenvalue weighted by Crippen LogP contribution is -1.92. The van der Waals surface area contributed by atoms with Gasteiger partial charge in [-0.15, -0.1) is 0 Å². The highest BCUT2D eigenvalue weighted by molar-refractivity contribution is 6.30. The molecule has 0 saturated carbocycles. The zero-order chi connectivity index (χ0) is 13.0. The van der Waals surface area contributed by atoms with Crippen LogP contribution >= 0.6 is 11.6 Å². The van der Waals surface area contributed by atoms with Crippen molar-refractivity contribution in [3.63, 3.8) is 0 Å². The second-order valence-corrected chi connectivity index (χ2v) is 4.66. The van der Waals surface area contributed by atoms with Gasteiger partial charge in [0.2, 0.25) is 0 Å². The van der Waals surface area contributed by atoms with Gasteiger partial charge in [-0.3, -0.25) is 5.43 Å². The number of aryl methyl sites for hydroxylation is 2. The summed E-state index contributed by atoms with van der Waals surface area (Å²) in [6.07, 6.45) is 1.77. The van der Waals surface area contributed by atoms with Gasteiger partial charge in [0.1, 0.15) is 0 Å². The van der Waals surface area contributed by atoms with E-state index in [9.17, 15) is 0 Å². The number of nitrogens with zero attached hydrogens (tertiary/aromatic N) is 1. The predicted molar refractivity (Wildman–Crippen MR) is 78.6 cm³/mol. The van der Waals surface area contributed by atoms with Gasteiger partial charge in [0, 0.05) is 5.02 Å². The normalized spacial score (nSPS) is 10.8. The van der Waals surface area contributed by atoms with Crippen molar-refractivity contribution in [2.45, 2.75) is 13.8 Å². The van der Waals surface area contributed by atoms with Crippen LogP contribution in [0.1, 0.15) is 16.7 Å². The standard InChI is InChI=1S/C15H15ClN2/c1-11-3-8-15(9-12(11)2)18-17-10-13-4-6-14(16)7-5-13/h3-10,18H,1-2H3/b17-10+. The molecule has 0 aliphatic rings. The second-order valence-electron chi connectivity index (χ2n) is 4.22. The Kier molecular flexibility index (Phi) is 4.00. The highest BCUT2D eigenvalue weighted by atomic mass is 35.5. The van der Waals surface area contributed by atoms with Crippen LogP contribution in [0.4, 0.5) is 5.69 Å². The van der Waals surface area contributed by atoms with Gasteiger partial charge in [-0.05, 0) is 54.8 Å². The van der Waals surface area contributed by atoms with Crippen LogP contribution in [-0.2, 0) is 0 Å². The zero-order valence-electron chi connectivity index (χ0n) is 10.4. The minimum atomic E-state index is 0.731. The topological polar surface area (TPSA) is 24.4 Å². The van der Waals surface area contributed by atoms with Crippen LogP contribution in [-0.4, -0.2) is 6.21 Å². The molecule has 3 heteroatoms. The summed E-state index contributed by atoms with van der Waals surface area (Å²) in [5, 5.41) is 4.93. The molecule has 0 heterocycles. The van der Waals surface area contributed by atoms with Gasteiger partial charge in [0.05, 0.1) is 11.9 Å². The van der Waals surface area contributed by atoms with Crippen LogP contribution in [0.15, 0.2) is 47.6 Å². The van der Waals surface area contributed by atoms with Crippen molar-refractivity contribution in [1.29, 1.82) is 0 Å². The number of hydrazone groups is 1. The minimum absolute atomic E-state index is 0.731. The average molecular weight is 259 g/mol. The van der Waals surface area contributed by atoms with E-state index in [-0.39, 0.29) is 0 Å². The molecule has 0 unspecified atom stereocenters. The molecule has 0 aliphatic heterocycles. The van der Waals surface area contributed by atoms with E-state index in [1.54, 1.807) is 6.21 Å². The first-order valence-corrected chi connectivity index (χ1v) is 6.15. The zero-order valence-corrected chi connectivity index (χ0v) is 11.2. The summed E-state index contributed by atoms with van der Waals surface area (Å²) in [6, 6.07) is 13.7. The van der Waals surface area contributed by atoms with Crippen LogP contribution in [0, 0.1) is 13.8 Å². The predicted octanol–water partition coefficient (Wildman–Crippen LogP) is 4.40. The molecule has 0 atom stereocenters. The van der Waals surface area contributed by atoms with Crippen LogP contribution in [0.2, 0.25) is 5.02 Å². The average Bonchev–Trinajstić information content (AvgIpc) is 2.36. The van der Waals surface area contributed by atoms with Gasteiger partial charge in [0.15, 0.2) is 0 Å². The Labute approximate surface area is 112 Å². The fourth-order valence-electron chi connectivity index (χ4n) is 1.54. The molecule has 2 nitrogen and oxygen atoms in total. The van der Waals surface area contributed by atoms with E-state index in [4.69, 9.17) is 11.6 Å². The highest BCUT2D eigenvalue weighted by Gasteiger charge is 1.94. The van der Waals surface area contributed by atoms with Crippen LogP contribution in [0.3, 0.4) is 0 Å². The Hall–Kier alpha value is -1.80. The lowest BCUT2D eigenvalue weighted by Gasteiger charge is -2.04. The van der Waals surface area contributed by atoms with E-state index >= 15 is 0 Å². The van der Waals surface area contributed by atoms with E-state index in [0.29, 0.717) is 0 Å². The summed E-state index contributed by atoms with van der Waals surface area (Å²) in [4.78, 5) is 0. The van der Waals surface area contributed by atoms with Crippen molar-refractivity contribution in [2.75, 3.05) is 5.43 Å². The first-order chi connectivity index (χ1) is 8.65. The number of rotatable bonds is 3. The number of hydrogen-bond donors (Lipinski definition) is 1. The third kappa shape index (κ3) is 3.34. The summed E-state index contributed by atoms with van der Waals surface area (Å²) >= 11 is 5.81. The maximum absolute atomic E-state index is 5.81. The van der Waals surface area contributed by atoms with Gasteiger partial charge in [-0.2, -0.15) is 5.10 Å². The Morgan fingerprint density at radius 3 is 2.39 bits per heavy atom. The molecule has 0 aromatic heterocycles. The van der Waals surface area contributed by atoms with Crippen molar-refractivity contribution in [3.05, 3.63) is 64.2 Å². The summed E-state index contributed by atoms with van der Waals surface area (Å²) < 4.78 is 0. The largest absolute Gasteiger partial charge is 0.278 e. The molecule has 0 spiro atoms. The first-order valence-electron chi connectivity index (χ1n) is 5.77. The van der Waals surface area contributed by atoms with E-state index in [1.165, 1.54) is 11.1 Å². The Balaban J connectivity index is 2.02. The smallest absolute Gasteiger partial charge is 0.0564 e. The summed E-state index contributed by atoms with van der Waals surface area (Å²) in [6.45, 7) is 4.18. The van der Waals surface area contributed by atoms with E-state index in [2.05, 4.69) is 36.5 Å².